The van der Waals surface area contributed by atoms with Crippen molar-refractivity contribution in [3.63, 3.8) is 0 Å². The molecule has 0 radical (unpaired) electrons. The predicted molar refractivity (Wildman–Crippen MR) is 85.4 cm³/mol. The number of benzene rings is 1. The average Bonchev–Trinajstić information content (AvgIpc) is 2.53. The molecule has 0 saturated carbocycles. The number of amides is 1. The molecule has 1 N–H and O–H groups in total. The lowest BCUT2D eigenvalue weighted by Crippen LogP contribution is -2.46. The van der Waals surface area contributed by atoms with Crippen LogP contribution in [0.15, 0.2) is 30.3 Å². The predicted octanol–water partition coefficient (Wildman–Crippen LogP) is 2.82. The van der Waals surface area contributed by atoms with Crippen molar-refractivity contribution in [2.45, 2.75) is 33.1 Å². The molecule has 2 atom stereocenters. The summed E-state index contributed by atoms with van der Waals surface area (Å²) in [4.78, 5) is 25.8. The number of likely N-dealkylation sites (tertiary alicyclic amines) is 1. The first-order valence-corrected chi connectivity index (χ1v) is 8.04. The first kappa shape index (κ1) is 16.5. The number of nitrogens with zero attached hydrogens (tertiary/aromatic N) is 1. The number of hydrogen-bond donors (Lipinski definition) is 1. The van der Waals surface area contributed by atoms with E-state index in [4.69, 9.17) is 0 Å². The van der Waals surface area contributed by atoms with Crippen molar-refractivity contribution in [2.24, 2.45) is 17.8 Å². The molecule has 0 bridgehead atoms. The molecule has 2 unspecified atom stereocenters. The van der Waals surface area contributed by atoms with Gasteiger partial charge in [-0.15, -0.1) is 0 Å². The Balaban J connectivity index is 2.07. The Labute approximate surface area is 132 Å². The summed E-state index contributed by atoms with van der Waals surface area (Å²) in [6.45, 7) is 5.15. The summed E-state index contributed by atoms with van der Waals surface area (Å²) in [5, 5.41) is 9.18. The summed E-state index contributed by atoms with van der Waals surface area (Å²) in [7, 11) is 0. The van der Waals surface area contributed by atoms with Gasteiger partial charge in [0.1, 0.15) is 0 Å². The Morgan fingerprint density at radius 1 is 1.27 bits per heavy atom. The van der Waals surface area contributed by atoms with Gasteiger partial charge in [-0.25, -0.2) is 0 Å². The molecule has 1 aliphatic rings. The van der Waals surface area contributed by atoms with E-state index < -0.39 is 11.9 Å². The van der Waals surface area contributed by atoms with E-state index in [1.807, 2.05) is 30.3 Å². The minimum Gasteiger partial charge on any atom is -0.481 e. The lowest BCUT2D eigenvalue weighted by atomic mass is 9.86. The van der Waals surface area contributed by atoms with Gasteiger partial charge in [-0.1, -0.05) is 44.2 Å². The van der Waals surface area contributed by atoms with Crippen LogP contribution in [0.4, 0.5) is 0 Å². The maximum atomic E-state index is 12.8. The fourth-order valence-corrected chi connectivity index (χ4v) is 3.09. The van der Waals surface area contributed by atoms with E-state index in [1.165, 1.54) is 0 Å². The maximum Gasteiger partial charge on any atom is 0.308 e. The SMILES string of the molecule is CC(C)C(Cc1ccccc1)C(=O)N1CCCC(C(=O)O)C1. The fourth-order valence-electron chi connectivity index (χ4n) is 3.09. The molecule has 0 spiro atoms. The molecule has 0 aromatic heterocycles. The van der Waals surface area contributed by atoms with Gasteiger partial charge in [-0.05, 0) is 30.7 Å². The zero-order valence-corrected chi connectivity index (χ0v) is 13.4. The van der Waals surface area contributed by atoms with E-state index >= 15 is 0 Å². The second-order valence-corrected chi connectivity index (χ2v) is 6.50. The highest BCUT2D eigenvalue weighted by Crippen LogP contribution is 2.24. The Bertz CT molecular complexity index is 512. The third-order valence-corrected chi connectivity index (χ3v) is 4.50. The first-order valence-electron chi connectivity index (χ1n) is 8.04. The maximum absolute atomic E-state index is 12.8. The number of rotatable bonds is 5. The summed E-state index contributed by atoms with van der Waals surface area (Å²) >= 11 is 0. The van der Waals surface area contributed by atoms with Crippen molar-refractivity contribution in [1.82, 2.24) is 4.90 Å². The third kappa shape index (κ3) is 4.09. The monoisotopic (exact) mass is 303 g/mol. The first-order chi connectivity index (χ1) is 10.5. The second-order valence-electron chi connectivity index (χ2n) is 6.50. The van der Waals surface area contributed by atoms with Gasteiger partial charge in [0.2, 0.25) is 5.91 Å². The van der Waals surface area contributed by atoms with Crippen molar-refractivity contribution < 1.29 is 14.7 Å². The number of carbonyl (C=O) groups is 2. The molecule has 1 aromatic rings. The lowest BCUT2D eigenvalue weighted by Gasteiger charge is -2.34. The van der Waals surface area contributed by atoms with E-state index in [9.17, 15) is 14.7 Å². The molecule has 2 rings (SSSR count). The average molecular weight is 303 g/mol. The molecule has 1 fully saturated rings. The van der Waals surface area contributed by atoms with Crippen LogP contribution in [0.25, 0.3) is 0 Å². The van der Waals surface area contributed by atoms with E-state index in [1.54, 1.807) is 4.90 Å². The van der Waals surface area contributed by atoms with Crippen LogP contribution in [0.2, 0.25) is 0 Å². The van der Waals surface area contributed by atoms with Crippen molar-refractivity contribution in [1.29, 1.82) is 0 Å². The van der Waals surface area contributed by atoms with Crippen LogP contribution in [-0.2, 0) is 16.0 Å². The van der Waals surface area contributed by atoms with Gasteiger partial charge in [-0.2, -0.15) is 0 Å². The molecule has 4 nitrogen and oxygen atoms in total. The number of aliphatic carboxylic acids is 1. The largest absolute Gasteiger partial charge is 0.481 e. The van der Waals surface area contributed by atoms with Gasteiger partial charge in [0.15, 0.2) is 0 Å². The van der Waals surface area contributed by atoms with Gasteiger partial charge < -0.3 is 10.0 Å². The van der Waals surface area contributed by atoms with Crippen LogP contribution in [0.5, 0.6) is 0 Å². The van der Waals surface area contributed by atoms with E-state index in [2.05, 4.69) is 13.8 Å². The standard InChI is InChI=1S/C18H25NO3/c1-13(2)16(11-14-7-4-3-5-8-14)17(20)19-10-6-9-15(12-19)18(21)22/h3-5,7-8,13,15-16H,6,9-12H2,1-2H3,(H,21,22). The van der Waals surface area contributed by atoms with Crippen molar-refractivity contribution >= 4 is 11.9 Å². The van der Waals surface area contributed by atoms with Crippen molar-refractivity contribution in [3.8, 4) is 0 Å². The highest BCUT2D eigenvalue weighted by Gasteiger charge is 2.32. The molecule has 1 heterocycles. The Morgan fingerprint density at radius 3 is 2.55 bits per heavy atom. The number of piperidine rings is 1. The van der Waals surface area contributed by atoms with Crippen LogP contribution in [0.1, 0.15) is 32.3 Å². The highest BCUT2D eigenvalue weighted by atomic mass is 16.4. The minimum atomic E-state index is -0.790. The number of carboxylic acids is 1. The smallest absolute Gasteiger partial charge is 0.308 e. The lowest BCUT2D eigenvalue weighted by molar-refractivity contribution is -0.147. The summed E-state index contributed by atoms with van der Waals surface area (Å²) in [5.41, 5.74) is 1.15. The minimum absolute atomic E-state index is 0.0880. The van der Waals surface area contributed by atoms with Crippen LogP contribution in [-0.4, -0.2) is 35.0 Å². The van der Waals surface area contributed by atoms with Gasteiger partial charge in [0.25, 0.3) is 0 Å². The van der Waals surface area contributed by atoms with Gasteiger partial charge >= 0.3 is 5.97 Å². The van der Waals surface area contributed by atoms with E-state index in [0.717, 1.165) is 12.0 Å². The summed E-state index contributed by atoms with van der Waals surface area (Å²) in [5.74, 6) is -0.957. The van der Waals surface area contributed by atoms with E-state index in [-0.39, 0.29) is 17.7 Å². The molecule has 120 valence electrons. The van der Waals surface area contributed by atoms with Crippen LogP contribution >= 0.6 is 0 Å². The summed E-state index contributed by atoms with van der Waals surface area (Å²) in [6, 6.07) is 10.0. The molecule has 1 saturated heterocycles. The van der Waals surface area contributed by atoms with Crippen LogP contribution < -0.4 is 0 Å². The summed E-state index contributed by atoms with van der Waals surface area (Å²) < 4.78 is 0. The summed E-state index contributed by atoms with van der Waals surface area (Å²) in [6.07, 6.45) is 2.16. The Kier molecular flexibility index (Phi) is 5.58. The molecular weight excluding hydrogens is 278 g/mol. The number of hydrogen-bond acceptors (Lipinski definition) is 2. The third-order valence-electron chi connectivity index (χ3n) is 4.50. The number of carbonyl (C=O) groups excluding carboxylic acids is 1. The Hall–Kier alpha value is -1.84. The number of carboxylic acid groups (broad SMARTS) is 1. The second kappa shape index (κ2) is 7.43. The van der Waals surface area contributed by atoms with Gasteiger partial charge in [-0.3, -0.25) is 9.59 Å². The molecule has 1 aromatic carbocycles. The fraction of sp³-hybridized carbons (Fsp3) is 0.556. The quantitative estimate of drug-likeness (QED) is 0.910. The molecule has 4 heteroatoms. The molecular formula is C18H25NO3. The Morgan fingerprint density at radius 2 is 1.95 bits per heavy atom. The van der Waals surface area contributed by atoms with E-state index in [0.29, 0.717) is 25.9 Å². The highest BCUT2D eigenvalue weighted by molar-refractivity contribution is 5.80. The van der Waals surface area contributed by atoms with Crippen molar-refractivity contribution in [2.75, 3.05) is 13.1 Å². The van der Waals surface area contributed by atoms with Crippen LogP contribution in [0, 0.1) is 17.8 Å². The van der Waals surface area contributed by atoms with Crippen LogP contribution in [0.3, 0.4) is 0 Å². The molecule has 22 heavy (non-hydrogen) atoms. The van der Waals surface area contributed by atoms with Gasteiger partial charge in [0, 0.05) is 19.0 Å². The zero-order valence-electron chi connectivity index (χ0n) is 13.4. The normalized spacial score (nSPS) is 20.0. The molecule has 1 aliphatic heterocycles. The van der Waals surface area contributed by atoms with Crippen molar-refractivity contribution in [3.05, 3.63) is 35.9 Å². The topological polar surface area (TPSA) is 57.6 Å². The molecule has 1 amide bonds. The zero-order chi connectivity index (χ0) is 16.1. The molecule has 0 aliphatic carbocycles. The van der Waals surface area contributed by atoms with Gasteiger partial charge in [0.05, 0.1) is 5.92 Å².